The largest absolute Gasteiger partial charge is 0.491 e. The van der Waals surface area contributed by atoms with Crippen molar-refractivity contribution in [3.8, 4) is 5.75 Å². The van der Waals surface area contributed by atoms with Gasteiger partial charge in [-0.1, -0.05) is 0 Å². The molecule has 1 unspecified atom stereocenters. The Kier molecular flexibility index (Phi) is 4.55. The molecular formula is C16H26N2O2. The Morgan fingerprint density at radius 2 is 2.00 bits per heavy atom. The third kappa shape index (κ3) is 3.87. The van der Waals surface area contributed by atoms with Crippen LogP contribution in [-0.4, -0.2) is 37.4 Å². The maximum atomic E-state index is 5.96. The standard InChI is InChI=1S/C16H26N2O2/c1-12(2)19-14-7-5-13(6-8-14)18-10-15(9-17)20-16(3,4)11-18/h5-8,12,15H,9-11,17H2,1-4H3. The highest BCUT2D eigenvalue weighted by Crippen LogP contribution is 2.27. The van der Waals surface area contributed by atoms with Gasteiger partial charge in [0.05, 0.1) is 17.8 Å². The SMILES string of the molecule is CC(C)Oc1ccc(N2CC(CN)OC(C)(C)C2)cc1. The summed E-state index contributed by atoms with van der Waals surface area (Å²) in [6, 6.07) is 8.25. The van der Waals surface area contributed by atoms with E-state index in [0.717, 1.165) is 18.8 Å². The summed E-state index contributed by atoms with van der Waals surface area (Å²) in [5, 5.41) is 0. The fourth-order valence-corrected chi connectivity index (χ4v) is 2.62. The van der Waals surface area contributed by atoms with E-state index in [9.17, 15) is 0 Å². The van der Waals surface area contributed by atoms with Crippen molar-refractivity contribution < 1.29 is 9.47 Å². The summed E-state index contributed by atoms with van der Waals surface area (Å²) in [7, 11) is 0. The summed E-state index contributed by atoms with van der Waals surface area (Å²) in [4.78, 5) is 2.33. The first-order chi connectivity index (χ1) is 9.39. The van der Waals surface area contributed by atoms with Crippen molar-refractivity contribution in [2.75, 3.05) is 24.5 Å². The third-order valence-electron chi connectivity index (χ3n) is 3.32. The van der Waals surface area contributed by atoms with Crippen molar-refractivity contribution >= 4 is 5.69 Å². The highest BCUT2D eigenvalue weighted by molar-refractivity contribution is 5.50. The zero-order valence-corrected chi connectivity index (χ0v) is 12.9. The van der Waals surface area contributed by atoms with Crippen LogP contribution in [0.25, 0.3) is 0 Å². The summed E-state index contributed by atoms with van der Waals surface area (Å²) in [6.45, 7) is 10.5. The second-order valence-corrected chi connectivity index (χ2v) is 6.28. The van der Waals surface area contributed by atoms with E-state index in [-0.39, 0.29) is 17.8 Å². The number of rotatable bonds is 4. The first-order valence-corrected chi connectivity index (χ1v) is 7.29. The highest BCUT2D eigenvalue weighted by atomic mass is 16.5. The van der Waals surface area contributed by atoms with Crippen molar-refractivity contribution in [1.29, 1.82) is 0 Å². The van der Waals surface area contributed by atoms with Crippen molar-refractivity contribution in [3.63, 3.8) is 0 Å². The van der Waals surface area contributed by atoms with E-state index in [2.05, 4.69) is 30.9 Å². The van der Waals surface area contributed by atoms with Gasteiger partial charge in [0.1, 0.15) is 5.75 Å². The van der Waals surface area contributed by atoms with Crippen molar-refractivity contribution in [1.82, 2.24) is 0 Å². The van der Waals surface area contributed by atoms with Gasteiger partial charge in [-0.3, -0.25) is 0 Å². The second kappa shape index (κ2) is 6.02. The third-order valence-corrected chi connectivity index (χ3v) is 3.32. The Hall–Kier alpha value is -1.26. The molecule has 1 aliphatic rings. The lowest BCUT2D eigenvalue weighted by Gasteiger charge is -2.43. The Balaban J connectivity index is 2.10. The highest BCUT2D eigenvalue weighted by Gasteiger charge is 2.32. The van der Waals surface area contributed by atoms with Crippen LogP contribution in [0.15, 0.2) is 24.3 Å². The van der Waals surface area contributed by atoms with Gasteiger partial charge in [-0.25, -0.2) is 0 Å². The molecule has 1 atom stereocenters. The van der Waals surface area contributed by atoms with E-state index in [1.807, 2.05) is 26.0 Å². The predicted molar refractivity (Wildman–Crippen MR) is 82.4 cm³/mol. The average Bonchev–Trinajstić information content (AvgIpc) is 2.37. The van der Waals surface area contributed by atoms with E-state index >= 15 is 0 Å². The minimum atomic E-state index is -0.171. The first-order valence-electron chi connectivity index (χ1n) is 7.29. The van der Waals surface area contributed by atoms with E-state index in [4.69, 9.17) is 15.2 Å². The Morgan fingerprint density at radius 1 is 1.35 bits per heavy atom. The molecule has 0 aliphatic carbocycles. The molecule has 1 aromatic rings. The summed E-state index contributed by atoms with van der Waals surface area (Å²) in [6.07, 6.45) is 0.287. The molecule has 0 spiro atoms. The number of ether oxygens (including phenoxy) is 2. The number of morpholine rings is 1. The number of benzene rings is 1. The van der Waals surface area contributed by atoms with Crippen molar-refractivity contribution in [3.05, 3.63) is 24.3 Å². The van der Waals surface area contributed by atoms with Crippen LogP contribution in [0, 0.1) is 0 Å². The van der Waals surface area contributed by atoms with Gasteiger partial charge >= 0.3 is 0 Å². The smallest absolute Gasteiger partial charge is 0.119 e. The molecule has 1 aliphatic heterocycles. The lowest BCUT2D eigenvalue weighted by Crippen LogP contribution is -2.54. The lowest BCUT2D eigenvalue weighted by molar-refractivity contribution is -0.0788. The molecule has 20 heavy (non-hydrogen) atoms. The molecule has 0 aromatic heterocycles. The molecule has 4 nitrogen and oxygen atoms in total. The molecule has 4 heteroatoms. The molecule has 0 radical (unpaired) electrons. The summed E-state index contributed by atoms with van der Waals surface area (Å²) in [5.41, 5.74) is 6.79. The van der Waals surface area contributed by atoms with Crippen LogP contribution in [0.3, 0.4) is 0 Å². The molecule has 1 saturated heterocycles. The zero-order valence-electron chi connectivity index (χ0n) is 12.9. The number of anilines is 1. The van der Waals surface area contributed by atoms with E-state index in [1.165, 1.54) is 5.69 Å². The van der Waals surface area contributed by atoms with Crippen LogP contribution >= 0.6 is 0 Å². The molecule has 112 valence electrons. The van der Waals surface area contributed by atoms with Gasteiger partial charge in [0, 0.05) is 25.3 Å². The van der Waals surface area contributed by atoms with Crippen LogP contribution < -0.4 is 15.4 Å². The number of nitrogens with zero attached hydrogens (tertiary/aromatic N) is 1. The molecule has 2 rings (SSSR count). The Labute approximate surface area is 121 Å². The molecular weight excluding hydrogens is 252 g/mol. The van der Waals surface area contributed by atoms with Crippen molar-refractivity contribution in [2.24, 2.45) is 5.73 Å². The lowest BCUT2D eigenvalue weighted by atomic mass is 10.0. The van der Waals surface area contributed by atoms with Gasteiger partial charge in [-0.2, -0.15) is 0 Å². The zero-order chi connectivity index (χ0) is 14.8. The predicted octanol–water partition coefficient (Wildman–Crippen LogP) is 2.42. The fourth-order valence-electron chi connectivity index (χ4n) is 2.62. The number of hydrogen-bond acceptors (Lipinski definition) is 4. The van der Waals surface area contributed by atoms with Gasteiger partial charge in [0.2, 0.25) is 0 Å². The minimum absolute atomic E-state index is 0.0883. The van der Waals surface area contributed by atoms with Gasteiger partial charge in [0.15, 0.2) is 0 Å². The normalized spacial score (nSPS) is 22.1. The van der Waals surface area contributed by atoms with Crippen molar-refractivity contribution in [2.45, 2.75) is 45.5 Å². The van der Waals surface area contributed by atoms with Crippen LogP contribution in [0.2, 0.25) is 0 Å². The maximum absolute atomic E-state index is 5.96. The average molecular weight is 278 g/mol. The minimum Gasteiger partial charge on any atom is -0.491 e. The van der Waals surface area contributed by atoms with E-state index in [1.54, 1.807) is 0 Å². The van der Waals surface area contributed by atoms with Crippen LogP contribution in [0.4, 0.5) is 5.69 Å². The quantitative estimate of drug-likeness (QED) is 0.919. The van der Waals surface area contributed by atoms with E-state index in [0.29, 0.717) is 6.54 Å². The Bertz CT molecular complexity index is 429. The maximum Gasteiger partial charge on any atom is 0.119 e. The van der Waals surface area contributed by atoms with Crippen LogP contribution in [-0.2, 0) is 4.74 Å². The van der Waals surface area contributed by atoms with Gasteiger partial charge in [0.25, 0.3) is 0 Å². The Morgan fingerprint density at radius 3 is 2.55 bits per heavy atom. The molecule has 1 fully saturated rings. The topological polar surface area (TPSA) is 47.7 Å². The van der Waals surface area contributed by atoms with Crippen LogP contribution in [0.5, 0.6) is 5.75 Å². The molecule has 0 amide bonds. The monoisotopic (exact) mass is 278 g/mol. The summed E-state index contributed by atoms with van der Waals surface area (Å²) >= 11 is 0. The molecule has 1 heterocycles. The van der Waals surface area contributed by atoms with Gasteiger partial charge < -0.3 is 20.1 Å². The summed E-state index contributed by atoms with van der Waals surface area (Å²) in [5.74, 6) is 0.909. The van der Waals surface area contributed by atoms with Crippen LogP contribution in [0.1, 0.15) is 27.7 Å². The van der Waals surface area contributed by atoms with E-state index < -0.39 is 0 Å². The molecule has 0 bridgehead atoms. The first kappa shape index (κ1) is 15.1. The number of hydrogen-bond donors (Lipinski definition) is 1. The van der Waals surface area contributed by atoms with Gasteiger partial charge in [-0.15, -0.1) is 0 Å². The molecule has 0 saturated carbocycles. The molecule has 2 N–H and O–H groups in total. The summed E-state index contributed by atoms with van der Waals surface area (Å²) < 4.78 is 11.6. The molecule has 1 aromatic carbocycles. The fraction of sp³-hybridized carbons (Fsp3) is 0.625. The number of nitrogens with two attached hydrogens (primary N) is 1. The second-order valence-electron chi connectivity index (χ2n) is 6.28. The van der Waals surface area contributed by atoms with Gasteiger partial charge in [-0.05, 0) is 52.0 Å².